The van der Waals surface area contributed by atoms with E-state index < -0.39 is 28.8 Å². The van der Waals surface area contributed by atoms with Crippen LogP contribution in [0.25, 0.3) is 0 Å². The van der Waals surface area contributed by atoms with Crippen molar-refractivity contribution in [2.75, 3.05) is 0 Å². The van der Waals surface area contributed by atoms with Crippen molar-refractivity contribution in [3.05, 3.63) is 70.8 Å². The van der Waals surface area contributed by atoms with Crippen LogP contribution in [0.1, 0.15) is 13.3 Å². The predicted molar refractivity (Wildman–Crippen MR) is 120 cm³/mol. The zero-order valence-corrected chi connectivity index (χ0v) is 21.1. The summed E-state index contributed by atoms with van der Waals surface area (Å²) in [5, 5.41) is 2.57. The minimum atomic E-state index is -1.19. The van der Waals surface area contributed by atoms with E-state index in [1.807, 2.05) is 12.1 Å². The van der Waals surface area contributed by atoms with Crippen LogP contribution in [0.5, 0.6) is 0 Å². The van der Waals surface area contributed by atoms with Gasteiger partial charge in [0.2, 0.25) is 0 Å². The molecule has 0 aliphatic heterocycles. The Balaban J connectivity index is 0.000000648. The van der Waals surface area contributed by atoms with E-state index in [4.69, 9.17) is 4.43 Å². The monoisotopic (exact) mass is 558 g/mol. The molecule has 0 amide bonds. The summed E-state index contributed by atoms with van der Waals surface area (Å²) in [7, 11) is -1.19. The molecule has 0 heterocycles. The van der Waals surface area contributed by atoms with Crippen LogP contribution in [0.2, 0.25) is 14.8 Å². The van der Waals surface area contributed by atoms with Crippen LogP contribution < -0.4 is 10.4 Å². The SMILES string of the molecule is C=C(I)CC(C)O[Si](c1ccccc1)c1ccccc1.[CH3][Sn]([CH3])[CH3]. The fourth-order valence-corrected chi connectivity index (χ4v) is 4.74. The maximum atomic E-state index is 6.37. The molecule has 24 heavy (non-hydrogen) atoms. The van der Waals surface area contributed by atoms with Crippen LogP contribution >= 0.6 is 22.6 Å². The molecule has 0 spiro atoms. The number of benzene rings is 2. The Bertz CT molecular complexity index is 547. The molecular weight excluding hydrogens is 530 g/mol. The molecule has 0 aliphatic rings. The molecule has 0 aromatic heterocycles. The first-order valence-corrected chi connectivity index (χ1v) is 19.2. The third kappa shape index (κ3) is 9.39. The second kappa shape index (κ2) is 12.3. The number of hydrogen-bond acceptors (Lipinski definition) is 1. The van der Waals surface area contributed by atoms with E-state index in [0.29, 0.717) is 0 Å². The summed E-state index contributed by atoms with van der Waals surface area (Å²) < 4.78 is 7.51. The van der Waals surface area contributed by atoms with Gasteiger partial charge in [-0.15, -0.1) is 0 Å². The van der Waals surface area contributed by atoms with Crippen molar-refractivity contribution in [2.45, 2.75) is 34.3 Å². The fraction of sp³-hybridized carbons (Fsp3) is 0.300. The van der Waals surface area contributed by atoms with Gasteiger partial charge in [-0.05, 0) is 43.5 Å². The fourth-order valence-electron chi connectivity index (χ4n) is 2.04. The van der Waals surface area contributed by atoms with Crippen LogP contribution in [0, 0.1) is 0 Å². The molecule has 1 nitrogen and oxygen atoms in total. The average Bonchev–Trinajstić information content (AvgIpc) is 2.53. The van der Waals surface area contributed by atoms with Crippen molar-refractivity contribution in [3.8, 4) is 0 Å². The number of hydrogen-bond donors (Lipinski definition) is 0. The van der Waals surface area contributed by atoms with Crippen molar-refractivity contribution in [3.63, 3.8) is 0 Å². The van der Waals surface area contributed by atoms with Crippen LogP contribution in [-0.4, -0.2) is 34.9 Å². The zero-order valence-electron chi connectivity index (χ0n) is 15.1. The third-order valence-electron chi connectivity index (χ3n) is 2.90. The van der Waals surface area contributed by atoms with Gasteiger partial charge >= 0.3 is 34.6 Å². The van der Waals surface area contributed by atoms with Gasteiger partial charge in [-0.25, -0.2) is 0 Å². The Labute approximate surface area is 170 Å². The van der Waals surface area contributed by atoms with Gasteiger partial charge in [-0.1, -0.05) is 67.2 Å². The van der Waals surface area contributed by atoms with Gasteiger partial charge in [-0.3, -0.25) is 0 Å². The second-order valence-electron chi connectivity index (χ2n) is 6.21. The minimum absolute atomic E-state index is 0.189. The predicted octanol–water partition coefficient (Wildman–Crippen LogP) is 4.91. The first-order chi connectivity index (χ1) is 11.4. The van der Waals surface area contributed by atoms with Crippen LogP contribution in [0.3, 0.4) is 0 Å². The molecule has 1 atom stereocenters. The van der Waals surface area contributed by atoms with Crippen molar-refractivity contribution >= 4 is 61.8 Å². The van der Waals surface area contributed by atoms with Gasteiger partial charge < -0.3 is 4.43 Å². The normalized spacial score (nSPS) is 11.8. The van der Waals surface area contributed by atoms with Gasteiger partial charge in [0.05, 0.1) is 0 Å². The standard InChI is InChI=1S/C17H18IOSi.3CH3.Sn/c1-14(18)13-15(2)19-20(16-9-5-3-6-10-16)17-11-7-4-8-12-17;;;;/h3-12,15H,1,13H2,2H3;3*1H3;. The summed E-state index contributed by atoms with van der Waals surface area (Å²) in [5.74, 6) is 0. The Kier molecular flexibility index (Phi) is 11.2. The van der Waals surface area contributed by atoms with Crippen LogP contribution in [0.4, 0.5) is 0 Å². The Morgan fingerprint density at radius 2 is 1.38 bits per heavy atom. The van der Waals surface area contributed by atoms with E-state index in [0.717, 1.165) is 10.0 Å². The molecule has 0 N–H and O–H groups in total. The maximum absolute atomic E-state index is 6.37. The van der Waals surface area contributed by atoms with Crippen LogP contribution in [-0.2, 0) is 4.43 Å². The van der Waals surface area contributed by atoms with Crippen molar-refractivity contribution in [1.29, 1.82) is 0 Å². The zero-order chi connectivity index (χ0) is 17.9. The Morgan fingerprint density at radius 3 is 1.71 bits per heavy atom. The molecule has 0 saturated heterocycles. The van der Waals surface area contributed by atoms with Gasteiger partial charge in [0.1, 0.15) is 0 Å². The molecule has 0 saturated carbocycles. The first-order valence-electron chi connectivity index (χ1n) is 8.14. The van der Waals surface area contributed by atoms with Gasteiger partial charge in [0, 0.05) is 12.5 Å². The molecule has 1 unspecified atom stereocenters. The molecule has 0 aliphatic carbocycles. The van der Waals surface area contributed by atoms with Crippen LogP contribution in [0.15, 0.2) is 70.8 Å². The topological polar surface area (TPSA) is 9.23 Å². The molecule has 0 fully saturated rings. The van der Waals surface area contributed by atoms with E-state index in [9.17, 15) is 0 Å². The Hall–Kier alpha value is -0.114. The van der Waals surface area contributed by atoms with Crippen molar-refractivity contribution < 1.29 is 4.43 Å². The van der Waals surface area contributed by atoms with Crippen molar-refractivity contribution in [2.24, 2.45) is 0 Å². The van der Waals surface area contributed by atoms with Gasteiger partial charge in [0.25, 0.3) is 9.04 Å². The molecule has 2 aromatic carbocycles. The van der Waals surface area contributed by atoms with E-state index in [-0.39, 0.29) is 6.10 Å². The molecule has 2 aromatic rings. The van der Waals surface area contributed by atoms with Gasteiger partial charge in [-0.2, -0.15) is 0 Å². The summed E-state index contributed by atoms with van der Waals surface area (Å²) >= 11 is 1.73. The molecule has 128 valence electrons. The molecular formula is C20H27IOSiSn. The molecule has 2 rings (SSSR count). The van der Waals surface area contributed by atoms with E-state index in [1.165, 1.54) is 10.4 Å². The van der Waals surface area contributed by atoms with Gasteiger partial charge in [0.15, 0.2) is 0 Å². The van der Waals surface area contributed by atoms with E-state index >= 15 is 0 Å². The summed E-state index contributed by atoms with van der Waals surface area (Å²) in [6.07, 6.45) is 1.09. The summed E-state index contributed by atoms with van der Waals surface area (Å²) in [5.41, 5.74) is 0. The molecule has 0 bridgehead atoms. The van der Waals surface area contributed by atoms with E-state index in [1.54, 1.807) is 0 Å². The number of rotatable bonds is 6. The quantitative estimate of drug-likeness (QED) is 0.363. The third-order valence-corrected chi connectivity index (χ3v) is 5.69. The average molecular weight is 557 g/mol. The molecule has 4 heteroatoms. The summed E-state index contributed by atoms with van der Waals surface area (Å²) in [6.45, 7) is 6.09. The van der Waals surface area contributed by atoms with Crippen molar-refractivity contribution in [1.82, 2.24) is 0 Å². The summed E-state index contributed by atoms with van der Waals surface area (Å²) in [6, 6.07) is 21.0. The first kappa shape index (κ1) is 21.9. The second-order valence-corrected chi connectivity index (χ2v) is 18.3. The van der Waals surface area contributed by atoms with E-state index in [2.05, 4.69) is 99.4 Å². The number of halogens is 1. The molecule has 2 radical (unpaired) electrons. The summed E-state index contributed by atoms with van der Waals surface area (Å²) in [4.78, 5) is 7.09. The Morgan fingerprint density at radius 1 is 1.00 bits per heavy atom.